The second-order valence-corrected chi connectivity index (χ2v) is 6.06. The quantitative estimate of drug-likeness (QED) is 0.357. The Labute approximate surface area is 132 Å². The highest BCUT2D eigenvalue weighted by Crippen LogP contribution is 2.23. The van der Waals surface area contributed by atoms with Crippen molar-refractivity contribution in [3.05, 3.63) is 24.3 Å². The molecule has 3 nitrogen and oxygen atoms in total. The van der Waals surface area contributed by atoms with Crippen molar-refractivity contribution < 1.29 is 14.3 Å². The molecule has 0 heterocycles. The molecule has 1 aromatic carbocycles. The molecular formula is C17H26O3S. The van der Waals surface area contributed by atoms with Gasteiger partial charge in [-0.25, -0.2) is 4.79 Å². The van der Waals surface area contributed by atoms with Crippen molar-refractivity contribution in [1.82, 2.24) is 0 Å². The first-order chi connectivity index (χ1) is 10.2. The van der Waals surface area contributed by atoms with Gasteiger partial charge in [0.2, 0.25) is 0 Å². The molecule has 4 heteroatoms. The fraction of sp³-hybridized carbons (Fsp3) is 0.588. The predicted octanol–water partition coefficient (Wildman–Crippen LogP) is 4.69. The van der Waals surface area contributed by atoms with Crippen molar-refractivity contribution in [1.29, 1.82) is 0 Å². The predicted molar refractivity (Wildman–Crippen MR) is 88.0 cm³/mol. The molecule has 0 aliphatic rings. The minimum absolute atomic E-state index is 0.327. The largest absolute Gasteiger partial charge is 0.479 e. The molecule has 0 spiro atoms. The average Bonchev–Trinajstić information content (AvgIpc) is 2.49. The van der Waals surface area contributed by atoms with Gasteiger partial charge in [-0.05, 0) is 50.3 Å². The Morgan fingerprint density at radius 2 is 1.86 bits per heavy atom. The lowest BCUT2D eigenvalue weighted by atomic mass is 10.2. The van der Waals surface area contributed by atoms with Gasteiger partial charge in [-0.2, -0.15) is 0 Å². The summed E-state index contributed by atoms with van der Waals surface area (Å²) in [4.78, 5) is 12.7. The number of carbonyl (C=O) groups is 1. The second kappa shape index (κ2) is 10.6. The topological polar surface area (TPSA) is 35.5 Å². The Bertz CT molecular complexity index is 403. The Morgan fingerprint density at radius 1 is 1.14 bits per heavy atom. The van der Waals surface area contributed by atoms with Gasteiger partial charge in [-0.1, -0.05) is 26.2 Å². The van der Waals surface area contributed by atoms with E-state index in [1.54, 1.807) is 13.8 Å². The van der Waals surface area contributed by atoms with Gasteiger partial charge in [0.1, 0.15) is 5.75 Å². The molecule has 0 amide bonds. The molecule has 0 radical (unpaired) electrons. The smallest absolute Gasteiger partial charge is 0.347 e. The molecule has 1 unspecified atom stereocenters. The van der Waals surface area contributed by atoms with Gasteiger partial charge in [-0.3, -0.25) is 0 Å². The highest BCUT2D eigenvalue weighted by molar-refractivity contribution is 7.99. The summed E-state index contributed by atoms with van der Waals surface area (Å²) >= 11 is 1.87. The summed E-state index contributed by atoms with van der Waals surface area (Å²) < 4.78 is 10.5. The van der Waals surface area contributed by atoms with Crippen molar-refractivity contribution >= 4 is 17.7 Å². The number of esters is 1. The van der Waals surface area contributed by atoms with E-state index in [-0.39, 0.29) is 5.97 Å². The first kappa shape index (κ1) is 17.9. The van der Waals surface area contributed by atoms with Gasteiger partial charge in [0.15, 0.2) is 6.10 Å². The van der Waals surface area contributed by atoms with Crippen LogP contribution >= 0.6 is 11.8 Å². The van der Waals surface area contributed by atoms with E-state index in [2.05, 4.69) is 6.92 Å². The number of thioether (sulfide) groups is 1. The van der Waals surface area contributed by atoms with Crippen molar-refractivity contribution in [2.45, 2.75) is 57.5 Å². The molecule has 0 saturated heterocycles. The third-order valence-electron chi connectivity index (χ3n) is 3.02. The van der Waals surface area contributed by atoms with Gasteiger partial charge in [0, 0.05) is 4.90 Å². The number of benzene rings is 1. The van der Waals surface area contributed by atoms with Crippen molar-refractivity contribution in [2.24, 2.45) is 0 Å². The lowest BCUT2D eigenvalue weighted by Gasteiger charge is -2.13. The molecule has 118 valence electrons. The molecule has 0 aromatic heterocycles. The molecule has 1 rings (SSSR count). The van der Waals surface area contributed by atoms with E-state index in [1.165, 1.54) is 30.6 Å². The van der Waals surface area contributed by atoms with E-state index in [0.717, 1.165) is 5.75 Å². The number of ether oxygens (including phenoxy) is 2. The molecule has 21 heavy (non-hydrogen) atoms. The zero-order valence-corrected chi connectivity index (χ0v) is 14.1. The number of carbonyl (C=O) groups excluding carboxylic acids is 1. The van der Waals surface area contributed by atoms with Crippen molar-refractivity contribution in [2.75, 3.05) is 12.4 Å². The third-order valence-corrected chi connectivity index (χ3v) is 4.12. The van der Waals surface area contributed by atoms with Crippen LogP contribution in [0, 0.1) is 0 Å². The maximum absolute atomic E-state index is 11.5. The van der Waals surface area contributed by atoms with Crippen molar-refractivity contribution in [3.8, 4) is 5.75 Å². The molecule has 0 aliphatic heterocycles. The normalized spacial score (nSPS) is 12.0. The first-order valence-corrected chi connectivity index (χ1v) is 8.72. The van der Waals surface area contributed by atoms with Gasteiger partial charge in [0.25, 0.3) is 0 Å². The monoisotopic (exact) mass is 310 g/mol. The molecule has 0 fully saturated rings. The van der Waals surface area contributed by atoms with Gasteiger partial charge >= 0.3 is 5.97 Å². The van der Waals surface area contributed by atoms with E-state index < -0.39 is 6.10 Å². The molecule has 0 aliphatic carbocycles. The average molecular weight is 310 g/mol. The fourth-order valence-electron chi connectivity index (χ4n) is 1.85. The van der Waals surface area contributed by atoms with Crippen LogP contribution in [0.25, 0.3) is 0 Å². The lowest BCUT2D eigenvalue weighted by Crippen LogP contribution is -2.25. The number of rotatable bonds is 10. The van der Waals surface area contributed by atoms with Crippen LogP contribution in [0.1, 0.15) is 46.5 Å². The van der Waals surface area contributed by atoms with Gasteiger partial charge < -0.3 is 9.47 Å². The summed E-state index contributed by atoms with van der Waals surface area (Å²) in [6.07, 6.45) is 4.59. The zero-order chi connectivity index (χ0) is 15.5. The molecular weight excluding hydrogens is 284 g/mol. The number of hydrogen-bond acceptors (Lipinski definition) is 4. The van der Waals surface area contributed by atoms with E-state index in [0.29, 0.717) is 12.4 Å². The van der Waals surface area contributed by atoms with Crippen LogP contribution in [0.5, 0.6) is 5.75 Å². The highest BCUT2D eigenvalue weighted by atomic mass is 32.2. The molecule has 0 saturated carbocycles. The summed E-state index contributed by atoms with van der Waals surface area (Å²) in [5, 5.41) is 0. The van der Waals surface area contributed by atoms with Crippen LogP contribution < -0.4 is 4.74 Å². The summed E-state index contributed by atoms with van der Waals surface area (Å²) in [7, 11) is 0. The maximum Gasteiger partial charge on any atom is 0.347 e. The second-order valence-electron chi connectivity index (χ2n) is 4.89. The van der Waals surface area contributed by atoms with Crippen molar-refractivity contribution in [3.63, 3.8) is 0 Å². The highest BCUT2D eigenvalue weighted by Gasteiger charge is 2.15. The van der Waals surface area contributed by atoms with Crippen LogP contribution in [0.3, 0.4) is 0 Å². The Balaban J connectivity index is 2.34. The van der Waals surface area contributed by atoms with Crippen LogP contribution in [0.4, 0.5) is 0 Å². The minimum Gasteiger partial charge on any atom is -0.479 e. The third kappa shape index (κ3) is 7.42. The Morgan fingerprint density at radius 3 is 2.48 bits per heavy atom. The summed E-state index contributed by atoms with van der Waals surface area (Å²) in [6.45, 7) is 6.09. The van der Waals surface area contributed by atoms with Crippen LogP contribution in [-0.2, 0) is 9.53 Å². The van der Waals surface area contributed by atoms with E-state index in [1.807, 2.05) is 36.0 Å². The molecule has 1 aromatic rings. The Kier molecular flexibility index (Phi) is 8.99. The first-order valence-electron chi connectivity index (χ1n) is 7.73. The number of unbranched alkanes of at least 4 members (excludes halogenated alkanes) is 3. The molecule has 0 N–H and O–H groups in total. The zero-order valence-electron chi connectivity index (χ0n) is 13.3. The van der Waals surface area contributed by atoms with Crippen LogP contribution in [-0.4, -0.2) is 24.4 Å². The Hall–Kier alpha value is -1.16. The molecule has 1 atom stereocenters. The van der Waals surface area contributed by atoms with Gasteiger partial charge in [-0.15, -0.1) is 11.8 Å². The molecule has 0 bridgehead atoms. The lowest BCUT2D eigenvalue weighted by molar-refractivity contribution is -0.150. The van der Waals surface area contributed by atoms with Gasteiger partial charge in [0.05, 0.1) is 6.61 Å². The summed E-state index contributed by atoms with van der Waals surface area (Å²) in [5.41, 5.74) is 0. The van der Waals surface area contributed by atoms with Crippen LogP contribution in [0.2, 0.25) is 0 Å². The minimum atomic E-state index is -0.572. The van der Waals surface area contributed by atoms with E-state index >= 15 is 0 Å². The van der Waals surface area contributed by atoms with E-state index in [4.69, 9.17) is 9.47 Å². The standard InChI is InChI=1S/C17H26O3S/c1-4-6-7-8-13-21-16-11-9-15(10-12-16)20-14(3)17(18)19-5-2/h9-12,14H,4-8,13H2,1-3H3. The summed E-state index contributed by atoms with van der Waals surface area (Å²) in [5.74, 6) is 1.53. The van der Waals surface area contributed by atoms with E-state index in [9.17, 15) is 4.79 Å². The SMILES string of the molecule is CCCCCCSc1ccc(OC(C)C(=O)OCC)cc1. The fourth-order valence-corrected chi connectivity index (χ4v) is 2.76. The van der Waals surface area contributed by atoms with Crippen LogP contribution in [0.15, 0.2) is 29.2 Å². The number of hydrogen-bond donors (Lipinski definition) is 0. The maximum atomic E-state index is 11.5. The summed E-state index contributed by atoms with van der Waals surface area (Å²) in [6, 6.07) is 7.89.